The Labute approximate surface area is 112 Å². The van der Waals surface area contributed by atoms with Crippen LogP contribution in [0.15, 0.2) is 18.2 Å². The third-order valence-corrected chi connectivity index (χ3v) is 3.29. The molecule has 0 spiro atoms. The largest absolute Gasteiger partial charge is 0.327 e. The lowest BCUT2D eigenvalue weighted by Gasteiger charge is -2.15. The van der Waals surface area contributed by atoms with Crippen LogP contribution in [0.3, 0.4) is 0 Å². The van der Waals surface area contributed by atoms with E-state index in [1.807, 2.05) is 6.92 Å². The molecule has 1 fully saturated rings. The van der Waals surface area contributed by atoms with Crippen LogP contribution in [0.25, 0.3) is 0 Å². The van der Waals surface area contributed by atoms with Crippen molar-refractivity contribution in [1.82, 2.24) is 0 Å². The van der Waals surface area contributed by atoms with Gasteiger partial charge in [0.1, 0.15) is 5.82 Å². The Bertz CT molecular complexity index is 439. The van der Waals surface area contributed by atoms with E-state index in [0.29, 0.717) is 0 Å². The second kappa shape index (κ2) is 6.16. The fourth-order valence-electron chi connectivity index (χ4n) is 2.27. The van der Waals surface area contributed by atoms with E-state index in [-0.39, 0.29) is 36.0 Å². The van der Waals surface area contributed by atoms with Crippen LogP contribution in [0.2, 0.25) is 0 Å². The molecule has 3 nitrogen and oxygen atoms in total. The lowest BCUT2D eigenvalue weighted by molar-refractivity contribution is -0.120. The summed E-state index contributed by atoms with van der Waals surface area (Å²) in [4.78, 5) is 11.9. The van der Waals surface area contributed by atoms with Gasteiger partial charge in [-0.15, -0.1) is 12.4 Å². The maximum Gasteiger partial charge on any atom is 0.229 e. The Morgan fingerprint density at radius 3 is 2.78 bits per heavy atom. The predicted octanol–water partition coefficient (Wildman–Crippen LogP) is 2.62. The molecule has 0 aliphatic heterocycles. The molecule has 1 aromatic rings. The summed E-state index contributed by atoms with van der Waals surface area (Å²) in [5.41, 5.74) is 7.01. The monoisotopic (exact) mass is 272 g/mol. The molecule has 18 heavy (non-hydrogen) atoms. The van der Waals surface area contributed by atoms with E-state index < -0.39 is 5.82 Å². The van der Waals surface area contributed by atoms with Crippen LogP contribution >= 0.6 is 12.4 Å². The van der Waals surface area contributed by atoms with Crippen molar-refractivity contribution in [2.75, 3.05) is 5.32 Å². The average Bonchev–Trinajstić information content (AvgIpc) is 2.70. The molecular weight excluding hydrogens is 255 g/mol. The Kier molecular flexibility index (Phi) is 5.11. The summed E-state index contributed by atoms with van der Waals surface area (Å²) in [5, 5.41) is 2.63. The van der Waals surface area contributed by atoms with Gasteiger partial charge in [-0.2, -0.15) is 0 Å². The van der Waals surface area contributed by atoms with Gasteiger partial charge in [-0.1, -0.05) is 12.5 Å². The number of amides is 1. The summed E-state index contributed by atoms with van der Waals surface area (Å²) < 4.78 is 13.5. The van der Waals surface area contributed by atoms with Gasteiger partial charge in [-0.25, -0.2) is 4.39 Å². The van der Waals surface area contributed by atoms with E-state index in [0.717, 1.165) is 24.8 Å². The van der Waals surface area contributed by atoms with Gasteiger partial charge in [0.15, 0.2) is 0 Å². The molecule has 100 valence electrons. The second-order valence-corrected chi connectivity index (χ2v) is 4.67. The molecule has 0 saturated heterocycles. The molecule has 1 amide bonds. The van der Waals surface area contributed by atoms with Gasteiger partial charge in [0.2, 0.25) is 5.91 Å². The summed E-state index contributed by atoms with van der Waals surface area (Å²) in [7, 11) is 0. The maximum atomic E-state index is 13.5. The van der Waals surface area contributed by atoms with E-state index in [9.17, 15) is 9.18 Å². The van der Waals surface area contributed by atoms with Crippen LogP contribution in [-0.4, -0.2) is 11.9 Å². The van der Waals surface area contributed by atoms with E-state index in [1.165, 1.54) is 6.07 Å². The number of nitrogens with two attached hydrogens (primary N) is 1. The minimum absolute atomic E-state index is 0. The number of aryl methyl sites for hydroxylation is 1. The van der Waals surface area contributed by atoms with Crippen molar-refractivity contribution in [2.24, 2.45) is 11.7 Å². The highest BCUT2D eigenvalue weighted by atomic mass is 35.5. The molecule has 2 rings (SSSR count). The van der Waals surface area contributed by atoms with Crippen LogP contribution < -0.4 is 11.1 Å². The Morgan fingerprint density at radius 1 is 1.44 bits per heavy atom. The number of hydrogen-bond donors (Lipinski definition) is 2. The summed E-state index contributed by atoms with van der Waals surface area (Å²) in [6, 6.07) is 4.57. The molecule has 1 aliphatic rings. The molecule has 2 atom stereocenters. The molecule has 3 N–H and O–H groups in total. The normalized spacial score (nSPS) is 22.4. The Balaban J connectivity index is 0.00000162. The first-order valence-corrected chi connectivity index (χ1v) is 5.90. The molecule has 1 saturated carbocycles. The van der Waals surface area contributed by atoms with Crippen molar-refractivity contribution >= 4 is 24.0 Å². The number of carbonyl (C=O) groups excluding carboxylic acids is 1. The van der Waals surface area contributed by atoms with Gasteiger partial charge in [-0.05, 0) is 37.5 Å². The van der Waals surface area contributed by atoms with Crippen molar-refractivity contribution in [3.05, 3.63) is 29.6 Å². The van der Waals surface area contributed by atoms with Gasteiger partial charge >= 0.3 is 0 Å². The zero-order valence-corrected chi connectivity index (χ0v) is 11.1. The predicted molar refractivity (Wildman–Crippen MR) is 72.3 cm³/mol. The third-order valence-electron chi connectivity index (χ3n) is 3.29. The van der Waals surface area contributed by atoms with Crippen molar-refractivity contribution < 1.29 is 9.18 Å². The number of hydrogen-bond acceptors (Lipinski definition) is 2. The summed E-state index contributed by atoms with van der Waals surface area (Å²) >= 11 is 0. The maximum absolute atomic E-state index is 13.5. The highest BCUT2D eigenvalue weighted by molar-refractivity contribution is 5.93. The molecule has 0 bridgehead atoms. The summed E-state index contributed by atoms with van der Waals surface area (Å²) in [5.74, 6) is -0.759. The van der Waals surface area contributed by atoms with E-state index >= 15 is 0 Å². The SMILES string of the molecule is Cc1ccc(F)c(NC(=O)C2CCCC2N)c1.Cl. The van der Waals surface area contributed by atoms with Crippen LogP contribution in [0.1, 0.15) is 24.8 Å². The van der Waals surface area contributed by atoms with E-state index in [2.05, 4.69) is 5.32 Å². The van der Waals surface area contributed by atoms with Gasteiger partial charge in [-0.3, -0.25) is 4.79 Å². The topological polar surface area (TPSA) is 55.1 Å². The number of rotatable bonds is 2. The van der Waals surface area contributed by atoms with Gasteiger partial charge in [0.05, 0.1) is 11.6 Å². The van der Waals surface area contributed by atoms with Crippen molar-refractivity contribution in [3.8, 4) is 0 Å². The summed E-state index contributed by atoms with van der Waals surface area (Å²) in [6.07, 6.45) is 2.63. The van der Waals surface area contributed by atoms with Crippen LogP contribution in [0.4, 0.5) is 10.1 Å². The second-order valence-electron chi connectivity index (χ2n) is 4.67. The molecule has 0 heterocycles. The number of anilines is 1. The standard InChI is InChI=1S/C13H17FN2O.ClH/c1-8-5-6-10(14)12(7-8)16-13(17)9-3-2-4-11(9)15;/h5-7,9,11H,2-4,15H2,1H3,(H,16,17);1H. The molecule has 2 unspecified atom stereocenters. The minimum atomic E-state index is -0.407. The van der Waals surface area contributed by atoms with E-state index in [1.54, 1.807) is 12.1 Å². The molecule has 1 aliphatic carbocycles. The molecule has 5 heteroatoms. The zero-order valence-electron chi connectivity index (χ0n) is 10.3. The third kappa shape index (κ3) is 3.21. The molecule has 0 radical (unpaired) electrons. The number of carbonyl (C=O) groups is 1. The fraction of sp³-hybridized carbons (Fsp3) is 0.462. The molecule has 0 aromatic heterocycles. The van der Waals surface area contributed by atoms with Gasteiger partial charge in [0, 0.05) is 6.04 Å². The van der Waals surface area contributed by atoms with Crippen LogP contribution in [0.5, 0.6) is 0 Å². The minimum Gasteiger partial charge on any atom is -0.327 e. The lowest BCUT2D eigenvalue weighted by Crippen LogP contribution is -2.34. The average molecular weight is 273 g/mol. The van der Waals surface area contributed by atoms with E-state index in [4.69, 9.17) is 5.73 Å². The molecule has 1 aromatic carbocycles. The highest BCUT2D eigenvalue weighted by Crippen LogP contribution is 2.26. The quantitative estimate of drug-likeness (QED) is 0.870. The van der Waals surface area contributed by atoms with Crippen LogP contribution in [0, 0.1) is 18.7 Å². The number of halogens is 2. The Hall–Kier alpha value is -1.13. The first-order chi connectivity index (χ1) is 8.08. The van der Waals surface area contributed by atoms with Crippen molar-refractivity contribution in [3.63, 3.8) is 0 Å². The zero-order chi connectivity index (χ0) is 12.4. The highest BCUT2D eigenvalue weighted by Gasteiger charge is 2.30. The van der Waals surface area contributed by atoms with Crippen LogP contribution in [-0.2, 0) is 4.79 Å². The molecular formula is C13H18ClFN2O. The lowest BCUT2D eigenvalue weighted by atomic mass is 10.0. The smallest absolute Gasteiger partial charge is 0.229 e. The fourth-order valence-corrected chi connectivity index (χ4v) is 2.27. The number of nitrogens with one attached hydrogen (secondary N) is 1. The first-order valence-electron chi connectivity index (χ1n) is 5.90. The van der Waals surface area contributed by atoms with Gasteiger partial charge < -0.3 is 11.1 Å². The number of benzene rings is 1. The van der Waals surface area contributed by atoms with Gasteiger partial charge in [0.25, 0.3) is 0 Å². The summed E-state index contributed by atoms with van der Waals surface area (Å²) in [6.45, 7) is 1.86. The van der Waals surface area contributed by atoms with Crippen molar-refractivity contribution in [2.45, 2.75) is 32.2 Å². The van der Waals surface area contributed by atoms with Crippen molar-refractivity contribution in [1.29, 1.82) is 0 Å². The first kappa shape index (κ1) is 14.9. The Morgan fingerprint density at radius 2 is 2.17 bits per heavy atom.